The van der Waals surface area contributed by atoms with Crippen LogP contribution in [0.4, 0.5) is 17.6 Å². The van der Waals surface area contributed by atoms with E-state index >= 15 is 0 Å². The van der Waals surface area contributed by atoms with E-state index in [2.05, 4.69) is 4.98 Å². The average molecular weight is 304 g/mol. The molecule has 1 aromatic carbocycles. The Morgan fingerprint density at radius 1 is 1.35 bits per heavy atom. The van der Waals surface area contributed by atoms with Crippen molar-refractivity contribution in [1.82, 2.24) is 4.98 Å². The van der Waals surface area contributed by atoms with Gasteiger partial charge in [-0.15, -0.1) is 11.3 Å². The van der Waals surface area contributed by atoms with Gasteiger partial charge < -0.3 is 5.73 Å². The molecule has 0 radical (unpaired) electrons. The number of alkyl halides is 3. The fourth-order valence-corrected chi connectivity index (χ4v) is 2.63. The summed E-state index contributed by atoms with van der Waals surface area (Å²) >= 11 is 1.42. The third-order valence-corrected chi connectivity index (χ3v) is 3.78. The standard InChI is InChI=1S/C13H12F4N2S/c1-7-6-20-12(19-7)5-11(18)8-2-3-9(10(14)4-8)13(15,16)17/h2-4,6,11H,5,18H2,1H3. The predicted octanol–water partition coefficient (Wildman–Crippen LogP) is 3.85. The molecule has 1 aromatic heterocycles. The van der Waals surface area contributed by atoms with Crippen LogP contribution in [0.3, 0.4) is 0 Å². The van der Waals surface area contributed by atoms with E-state index in [4.69, 9.17) is 5.73 Å². The molecule has 2 rings (SSSR count). The zero-order valence-corrected chi connectivity index (χ0v) is 11.4. The number of nitrogens with two attached hydrogens (primary N) is 1. The highest BCUT2D eigenvalue weighted by Crippen LogP contribution is 2.32. The number of aryl methyl sites for hydroxylation is 1. The Morgan fingerprint density at radius 2 is 2.05 bits per heavy atom. The fourth-order valence-electron chi connectivity index (χ4n) is 1.79. The lowest BCUT2D eigenvalue weighted by atomic mass is 10.0. The number of aromatic nitrogens is 1. The van der Waals surface area contributed by atoms with Gasteiger partial charge in [0.1, 0.15) is 5.82 Å². The molecule has 0 bridgehead atoms. The molecule has 0 aliphatic heterocycles. The lowest BCUT2D eigenvalue weighted by Gasteiger charge is -2.13. The molecular formula is C13H12F4N2S. The molecule has 1 unspecified atom stereocenters. The quantitative estimate of drug-likeness (QED) is 0.875. The molecule has 20 heavy (non-hydrogen) atoms. The lowest BCUT2D eigenvalue weighted by Crippen LogP contribution is -2.15. The van der Waals surface area contributed by atoms with Crippen molar-refractivity contribution in [3.8, 4) is 0 Å². The van der Waals surface area contributed by atoms with Crippen molar-refractivity contribution in [1.29, 1.82) is 0 Å². The van der Waals surface area contributed by atoms with Crippen LogP contribution < -0.4 is 5.73 Å². The molecule has 0 fully saturated rings. The molecule has 0 saturated carbocycles. The van der Waals surface area contributed by atoms with Crippen molar-refractivity contribution in [3.05, 3.63) is 51.2 Å². The minimum atomic E-state index is -4.70. The van der Waals surface area contributed by atoms with Gasteiger partial charge in [0.25, 0.3) is 0 Å². The molecule has 2 aromatic rings. The summed E-state index contributed by atoms with van der Waals surface area (Å²) in [5.41, 5.74) is 5.78. The monoisotopic (exact) mass is 304 g/mol. The second-order valence-electron chi connectivity index (χ2n) is 4.43. The minimum absolute atomic E-state index is 0.323. The van der Waals surface area contributed by atoms with Crippen LogP contribution in [0.2, 0.25) is 0 Å². The average Bonchev–Trinajstić information content (AvgIpc) is 2.73. The maximum Gasteiger partial charge on any atom is 0.419 e. The van der Waals surface area contributed by atoms with Gasteiger partial charge in [-0.1, -0.05) is 6.07 Å². The summed E-state index contributed by atoms with van der Waals surface area (Å²) in [6, 6.07) is 2.18. The van der Waals surface area contributed by atoms with E-state index in [9.17, 15) is 17.6 Å². The van der Waals surface area contributed by atoms with Crippen LogP contribution >= 0.6 is 11.3 Å². The van der Waals surface area contributed by atoms with Gasteiger partial charge in [0.2, 0.25) is 0 Å². The van der Waals surface area contributed by atoms with E-state index in [0.717, 1.165) is 22.8 Å². The van der Waals surface area contributed by atoms with Gasteiger partial charge in [0.15, 0.2) is 0 Å². The summed E-state index contributed by atoms with van der Waals surface area (Å²) in [6.45, 7) is 1.84. The Labute approximate surface area is 117 Å². The van der Waals surface area contributed by atoms with Gasteiger partial charge in [-0.2, -0.15) is 13.2 Å². The zero-order chi connectivity index (χ0) is 14.9. The van der Waals surface area contributed by atoms with E-state index in [1.807, 2.05) is 12.3 Å². The van der Waals surface area contributed by atoms with Crippen LogP contribution in [0.1, 0.15) is 27.9 Å². The first-order chi connectivity index (χ1) is 9.27. The molecule has 2 N–H and O–H groups in total. The normalized spacial score (nSPS) is 13.5. The van der Waals surface area contributed by atoms with Gasteiger partial charge in [-0.05, 0) is 24.6 Å². The molecule has 0 aliphatic carbocycles. The van der Waals surface area contributed by atoms with E-state index in [1.54, 1.807) is 0 Å². The molecule has 2 nitrogen and oxygen atoms in total. The van der Waals surface area contributed by atoms with Crippen LogP contribution in [-0.2, 0) is 12.6 Å². The second-order valence-corrected chi connectivity index (χ2v) is 5.37. The third-order valence-electron chi connectivity index (χ3n) is 2.79. The second kappa shape index (κ2) is 5.49. The van der Waals surface area contributed by atoms with Crippen molar-refractivity contribution in [2.45, 2.75) is 25.6 Å². The molecule has 0 spiro atoms. The predicted molar refractivity (Wildman–Crippen MR) is 68.9 cm³/mol. The Hall–Kier alpha value is -1.47. The topological polar surface area (TPSA) is 38.9 Å². The van der Waals surface area contributed by atoms with Gasteiger partial charge in [0.05, 0.1) is 10.6 Å². The van der Waals surface area contributed by atoms with E-state index in [-0.39, 0.29) is 0 Å². The largest absolute Gasteiger partial charge is 0.419 e. The van der Waals surface area contributed by atoms with Crippen molar-refractivity contribution in [2.75, 3.05) is 0 Å². The molecule has 0 aliphatic rings. The highest BCUT2D eigenvalue weighted by molar-refractivity contribution is 7.09. The Bertz CT molecular complexity index is 607. The Balaban J connectivity index is 2.19. The van der Waals surface area contributed by atoms with Gasteiger partial charge in [-0.25, -0.2) is 9.37 Å². The molecule has 0 amide bonds. The molecular weight excluding hydrogens is 292 g/mol. The molecule has 108 valence electrons. The van der Waals surface area contributed by atoms with E-state index in [1.165, 1.54) is 17.4 Å². The van der Waals surface area contributed by atoms with Gasteiger partial charge in [-0.3, -0.25) is 0 Å². The Kier molecular flexibility index (Phi) is 4.10. The third kappa shape index (κ3) is 3.34. The summed E-state index contributed by atoms with van der Waals surface area (Å²) in [7, 11) is 0. The number of thiazole rings is 1. The Morgan fingerprint density at radius 3 is 2.55 bits per heavy atom. The summed E-state index contributed by atoms with van der Waals surface area (Å²) in [5, 5.41) is 2.63. The van der Waals surface area contributed by atoms with Gasteiger partial charge >= 0.3 is 6.18 Å². The molecule has 1 atom stereocenters. The molecule has 1 heterocycles. The first kappa shape index (κ1) is 14.9. The maximum absolute atomic E-state index is 13.5. The first-order valence-corrected chi connectivity index (χ1v) is 6.68. The van der Waals surface area contributed by atoms with E-state index in [0.29, 0.717) is 12.0 Å². The lowest BCUT2D eigenvalue weighted by molar-refractivity contribution is -0.140. The first-order valence-electron chi connectivity index (χ1n) is 5.80. The minimum Gasteiger partial charge on any atom is -0.324 e. The van der Waals surface area contributed by atoms with Crippen LogP contribution in [0.25, 0.3) is 0 Å². The smallest absolute Gasteiger partial charge is 0.324 e. The highest BCUT2D eigenvalue weighted by atomic mass is 32.1. The molecule has 7 heteroatoms. The van der Waals surface area contributed by atoms with E-state index < -0.39 is 23.6 Å². The van der Waals surface area contributed by atoms with Gasteiger partial charge in [0, 0.05) is 23.5 Å². The summed E-state index contributed by atoms with van der Waals surface area (Å²) in [5.74, 6) is -1.30. The van der Waals surface area contributed by atoms with Crippen LogP contribution in [0.15, 0.2) is 23.6 Å². The maximum atomic E-state index is 13.5. The van der Waals surface area contributed by atoms with Crippen LogP contribution in [0.5, 0.6) is 0 Å². The van der Waals surface area contributed by atoms with Crippen molar-refractivity contribution < 1.29 is 17.6 Å². The van der Waals surface area contributed by atoms with Crippen molar-refractivity contribution in [2.24, 2.45) is 5.73 Å². The fraction of sp³-hybridized carbons (Fsp3) is 0.308. The highest BCUT2D eigenvalue weighted by Gasteiger charge is 2.34. The summed E-state index contributed by atoms with van der Waals surface area (Å²) < 4.78 is 50.8. The molecule has 0 saturated heterocycles. The SMILES string of the molecule is Cc1csc(CC(N)c2ccc(C(F)(F)F)c(F)c2)n1. The number of halogens is 4. The zero-order valence-electron chi connectivity index (χ0n) is 10.5. The number of hydrogen-bond acceptors (Lipinski definition) is 3. The van der Waals surface area contributed by atoms with Crippen molar-refractivity contribution >= 4 is 11.3 Å². The number of hydrogen-bond donors (Lipinski definition) is 1. The summed E-state index contributed by atoms with van der Waals surface area (Å²) in [4.78, 5) is 4.22. The summed E-state index contributed by atoms with van der Waals surface area (Å²) in [6.07, 6.45) is -4.33. The van der Waals surface area contributed by atoms with Crippen LogP contribution in [-0.4, -0.2) is 4.98 Å². The number of nitrogens with zero attached hydrogens (tertiary/aromatic N) is 1. The number of rotatable bonds is 3. The van der Waals surface area contributed by atoms with Crippen molar-refractivity contribution in [3.63, 3.8) is 0 Å². The van der Waals surface area contributed by atoms with Crippen LogP contribution in [0, 0.1) is 12.7 Å². The number of benzene rings is 1.